The van der Waals surface area contributed by atoms with E-state index >= 15 is 0 Å². The van der Waals surface area contributed by atoms with Crippen LogP contribution in [0.4, 0.5) is 0 Å². The van der Waals surface area contributed by atoms with Gasteiger partial charge in [-0.1, -0.05) is 79.8 Å². The summed E-state index contributed by atoms with van der Waals surface area (Å²) in [7, 11) is 5.45. The van der Waals surface area contributed by atoms with Gasteiger partial charge in [0.25, 0.3) is 0 Å². The first kappa shape index (κ1) is 40.6. The Morgan fingerprint density at radius 3 is 1.85 bits per heavy atom. The van der Waals surface area contributed by atoms with Crippen LogP contribution < -0.4 is 10.6 Å². The standard InChI is InChI=1S/C24H34N2O6S4.2C2H6/c1-6-7-16(2)36-22(28)11-13-26-19(24(30)32-5)15-34-33-14-18(23(29)31-4)25-12-10-20(27)21-9-8-17(3)35-21;2*1-2/h6-9,18-19,25-26H,1,10-15H2,2-5H3;2*1-2H3/b16-7-;;. The van der Waals surface area contributed by atoms with Gasteiger partial charge in [-0.05, 0) is 30.9 Å². The monoisotopic (exact) mass is 634 g/mol. The molecule has 0 aliphatic carbocycles. The number of allylic oxidation sites excluding steroid dienone is 3. The van der Waals surface area contributed by atoms with Crippen molar-refractivity contribution in [3.63, 3.8) is 0 Å². The van der Waals surface area contributed by atoms with Gasteiger partial charge in [0.2, 0.25) is 0 Å². The number of aryl methyl sites for hydroxylation is 1. The molecule has 0 aliphatic rings. The molecule has 0 saturated carbocycles. The van der Waals surface area contributed by atoms with E-state index in [1.807, 2.05) is 53.7 Å². The molecule has 0 saturated heterocycles. The topological polar surface area (TPSA) is 111 Å². The largest absolute Gasteiger partial charge is 0.468 e. The van der Waals surface area contributed by atoms with Crippen LogP contribution in [0, 0.1) is 6.92 Å². The number of thioether (sulfide) groups is 1. The molecule has 2 N–H and O–H groups in total. The molecule has 0 aliphatic heterocycles. The van der Waals surface area contributed by atoms with Crippen molar-refractivity contribution in [3.8, 4) is 0 Å². The fraction of sp³-hybridized carbons (Fsp3) is 0.571. The van der Waals surface area contributed by atoms with E-state index < -0.39 is 24.0 Å². The van der Waals surface area contributed by atoms with E-state index in [9.17, 15) is 19.2 Å². The number of ether oxygens (including phenoxy) is 2. The predicted octanol–water partition coefficient (Wildman–Crippen LogP) is 6.07. The molecule has 2 unspecified atom stereocenters. The number of carbonyl (C=O) groups is 4. The van der Waals surface area contributed by atoms with Gasteiger partial charge in [-0.15, -0.1) is 11.3 Å². The number of hydrogen-bond donors (Lipinski definition) is 2. The van der Waals surface area contributed by atoms with Gasteiger partial charge in [-0.2, -0.15) is 0 Å². The first-order chi connectivity index (χ1) is 19.2. The van der Waals surface area contributed by atoms with E-state index in [1.54, 1.807) is 12.2 Å². The Bertz CT molecular complexity index is 920. The van der Waals surface area contributed by atoms with E-state index in [-0.39, 0.29) is 23.7 Å². The summed E-state index contributed by atoms with van der Waals surface area (Å²) in [6, 6.07) is 2.54. The number of rotatable bonds is 18. The summed E-state index contributed by atoms with van der Waals surface area (Å²) in [4.78, 5) is 51.2. The highest BCUT2D eigenvalue weighted by Gasteiger charge is 2.22. The van der Waals surface area contributed by atoms with Crippen LogP contribution in [0.3, 0.4) is 0 Å². The average Bonchev–Trinajstić information content (AvgIpc) is 3.40. The van der Waals surface area contributed by atoms with Crippen molar-refractivity contribution >= 4 is 67.5 Å². The van der Waals surface area contributed by atoms with Gasteiger partial charge in [0.05, 0.1) is 19.1 Å². The molecule has 0 amide bonds. The van der Waals surface area contributed by atoms with Crippen molar-refractivity contribution in [2.45, 2.75) is 66.5 Å². The molecule has 12 heteroatoms. The van der Waals surface area contributed by atoms with Gasteiger partial charge < -0.3 is 20.1 Å². The molecule has 1 heterocycles. The Morgan fingerprint density at radius 2 is 1.43 bits per heavy atom. The van der Waals surface area contributed by atoms with Crippen molar-refractivity contribution in [1.82, 2.24) is 10.6 Å². The van der Waals surface area contributed by atoms with Crippen LogP contribution in [0.1, 0.15) is 62.0 Å². The van der Waals surface area contributed by atoms with Crippen LogP contribution in [-0.4, -0.2) is 73.7 Å². The fourth-order valence-electron chi connectivity index (χ4n) is 2.78. The lowest BCUT2D eigenvalue weighted by molar-refractivity contribution is -0.143. The highest BCUT2D eigenvalue weighted by molar-refractivity contribution is 8.76. The normalized spacial score (nSPS) is 12.1. The Balaban J connectivity index is 0. The van der Waals surface area contributed by atoms with Crippen LogP contribution in [0.2, 0.25) is 0 Å². The highest BCUT2D eigenvalue weighted by atomic mass is 33.1. The smallest absolute Gasteiger partial charge is 0.323 e. The molecule has 1 aromatic heterocycles. The third-order valence-corrected chi connectivity index (χ3v) is 8.98. The molecule has 0 aromatic carbocycles. The van der Waals surface area contributed by atoms with Gasteiger partial charge in [-0.25, -0.2) is 0 Å². The lowest BCUT2D eigenvalue weighted by Gasteiger charge is -2.18. The number of hydrogen-bond acceptors (Lipinski definition) is 12. The van der Waals surface area contributed by atoms with E-state index in [4.69, 9.17) is 9.47 Å². The van der Waals surface area contributed by atoms with Gasteiger partial charge >= 0.3 is 11.9 Å². The Morgan fingerprint density at radius 1 is 0.925 bits per heavy atom. The minimum Gasteiger partial charge on any atom is -0.468 e. The molecule has 0 radical (unpaired) electrons. The summed E-state index contributed by atoms with van der Waals surface area (Å²) >= 11 is 2.60. The summed E-state index contributed by atoms with van der Waals surface area (Å²) in [6.45, 7) is 16.1. The lowest BCUT2D eigenvalue weighted by Crippen LogP contribution is -2.41. The van der Waals surface area contributed by atoms with Crippen LogP contribution in [0.5, 0.6) is 0 Å². The zero-order valence-electron chi connectivity index (χ0n) is 25.0. The number of Topliss-reactive ketones (excluding diaryl/α,β-unsaturated/α-hetero) is 1. The first-order valence-electron chi connectivity index (χ1n) is 13.2. The van der Waals surface area contributed by atoms with Crippen LogP contribution in [-0.2, 0) is 23.9 Å². The van der Waals surface area contributed by atoms with Crippen LogP contribution in [0.25, 0.3) is 0 Å². The minimum absolute atomic E-state index is 0.0107. The maximum atomic E-state index is 12.3. The van der Waals surface area contributed by atoms with Crippen LogP contribution >= 0.6 is 44.7 Å². The van der Waals surface area contributed by atoms with E-state index in [0.717, 1.165) is 21.5 Å². The molecular formula is C28H46N2O6S4. The second-order valence-corrected chi connectivity index (χ2v) is 12.6. The summed E-state index contributed by atoms with van der Waals surface area (Å²) < 4.78 is 9.73. The second kappa shape index (κ2) is 26.3. The molecule has 0 bridgehead atoms. The van der Waals surface area contributed by atoms with E-state index in [1.165, 1.54) is 47.1 Å². The summed E-state index contributed by atoms with van der Waals surface area (Å²) in [5.41, 5.74) is 0. The molecule has 0 fully saturated rings. The van der Waals surface area contributed by atoms with Crippen LogP contribution in [0.15, 0.2) is 35.8 Å². The summed E-state index contributed by atoms with van der Waals surface area (Å²) in [5, 5.41) is 6.14. The third kappa shape index (κ3) is 18.7. The van der Waals surface area contributed by atoms with Crippen molar-refractivity contribution in [3.05, 3.63) is 45.5 Å². The number of carbonyl (C=O) groups excluding carboxylic acids is 4. The highest BCUT2D eigenvalue weighted by Crippen LogP contribution is 2.24. The number of methoxy groups -OCH3 is 2. The molecule has 40 heavy (non-hydrogen) atoms. The fourth-order valence-corrected chi connectivity index (χ4v) is 6.71. The maximum Gasteiger partial charge on any atom is 0.323 e. The zero-order valence-corrected chi connectivity index (χ0v) is 28.3. The van der Waals surface area contributed by atoms with Crippen molar-refractivity contribution in [2.75, 3.05) is 38.8 Å². The predicted molar refractivity (Wildman–Crippen MR) is 174 cm³/mol. The zero-order chi connectivity index (χ0) is 30.9. The summed E-state index contributed by atoms with van der Waals surface area (Å²) in [5.74, 6) is -0.0281. The molecule has 1 aromatic rings. The maximum absolute atomic E-state index is 12.3. The van der Waals surface area contributed by atoms with Gasteiger partial charge in [-0.3, -0.25) is 19.2 Å². The summed E-state index contributed by atoms with van der Waals surface area (Å²) in [6.07, 6.45) is 3.93. The van der Waals surface area contributed by atoms with Crippen molar-refractivity contribution < 1.29 is 28.7 Å². The minimum atomic E-state index is -0.591. The molecular weight excluding hydrogens is 589 g/mol. The molecule has 8 nitrogen and oxygen atoms in total. The average molecular weight is 635 g/mol. The molecule has 228 valence electrons. The lowest BCUT2D eigenvalue weighted by atomic mass is 10.2. The van der Waals surface area contributed by atoms with Crippen molar-refractivity contribution in [2.24, 2.45) is 0 Å². The molecule has 1 rings (SSSR count). The first-order valence-corrected chi connectivity index (χ1v) is 17.3. The molecule has 2 atom stereocenters. The third-order valence-electron chi connectivity index (χ3n) is 4.63. The van der Waals surface area contributed by atoms with E-state index in [0.29, 0.717) is 29.5 Å². The quantitative estimate of drug-likeness (QED) is 0.0646. The number of ketones is 1. The number of thiophene rings is 1. The SMILES string of the molecule is C=C/C=C(/C)SC(=O)CCNC(CSSCC(NCCC(=O)c1ccc(C)s1)C(=O)OC)C(=O)OC.CC.CC. The van der Waals surface area contributed by atoms with Gasteiger partial charge in [0.1, 0.15) is 12.1 Å². The number of nitrogens with one attached hydrogen (secondary N) is 2. The Kier molecular flexibility index (Phi) is 26.7. The molecule has 0 spiro atoms. The van der Waals surface area contributed by atoms with Crippen molar-refractivity contribution in [1.29, 1.82) is 0 Å². The second-order valence-electron chi connectivity index (χ2n) is 7.45. The Labute approximate surface area is 256 Å². The Hall–Kier alpha value is -1.57. The number of esters is 2. The van der Waals surface area contributed by atoms with Gasteiger partial charge in [0.15, 0.2) is 10.9 Å². The van der Waals surface area contributed by atoms with E-state index in [2.05, 4.69) is 17.2 Å². The van der Waals surface area contributed by atoms with Gasteiger partial charge in [0, 0.05) is 42.3 Å².